The standard InChI is InChI=1S/C17H29N3O.2ClH/c1-17(2,3)15(18)16(21)19-12-8-9-13-20(4)14-10-6-5-7-11-14;;/h5-7,10-11,15H,8-9,12-13,18H2,1-4H3,(H,19,21);2*1H/t15-;;/m1../s1. The van der Waals surface area contributed by atoms with E-state index >= 15 is 0 Å². The summed E-state index contributed by atoms with van der Waals surface area (Å²) in [5.74, 6) is -0.0566. The van der Waals surface area contributed by atoms with E-state index in [9.17, 15) is 4.79 Å². The van der Waals surface area contributed by atoms with Gasteiger partial charge in [0.2, 0.25) is 5.91 Å². The molecule has 0 aliphatic heterocycles. The minimum absolute atomic E-state index is 0. The minimum atomic E-state index is -0.454. The first-order valence-electron chi connectivity index (χ1n) is 7.62. The molecule has 4 nitrogen and oxygen atoms in total. The number of amides is 1. The third-order valence-corrected chi connectivity index (χ3v) is 3.63. The van der Waals surface area contributed by atoms with Crippen molar-refractivity contribution in [1.29, 1.82) is 0 Å². The zero-order valence-electron chi connectivity index (χ0n) is 14.5. The predicted octanol–water partition coefficient (Wildman–Crippen LogP) is 3.24. The zero-order valence-corrected chi connectivity index (χ0v) is 16.2. The number of benzene rings is 1. The number of nitrogens with zero attached hydrogens (tertiary/aromatic N) is 1. The van der Waals surface area contributed by atoms with Crippen molar-refractivity contribution in [3.8, 4) is 0 Å². The molecule has 0 bridgehead atoms. The molecule has 1 atom stereocenters. The summed E-state index contributed by atoms with van der Waals surface area (Å²) >= 11 is 0. The van der Waals surface area contributed by atoms with Crippen LogP contribution in [0.3, 0.4) is 0 Å². The van der Waals surface area contributed by atoms with E-state index in [4.69, 9.17) is 5.73 Å². The van der Waals surface area contributed by atoms with Crippen molar-refractivity contribution < 1.29 is 4.79 Å². The fourth-order valence-corrected chi connectivity index (χ4v) is 2.00. The molecule has 0 spiro atoms. The number of hydrogen-bond donors (Lipinski definition) is 2. The number of carbonyl (C=O) groups is 1. The fraction of sp³-hybridized carbons (Fsp3) is 0.588. The second kappa shape index (κ2) is 11.5. The Kier molecular flexibility index (Phi) is 12.2. The average molecular weight is 364 g/mol. The maximum atomic E-state index is 11.9. The van der Waals surface area contributed by atoms with Crippen LogP contribution in [0.25, 0.3) is 0 Å². The summed E-state index contributed by atoms with van der Waals surface area (Å²) in [6.07, 6.45) is 2.00. The highest BCUT2D eigenvalue weighted by Gasteiger charge is 2.26. The van der Waals surface area contributed by atoms with Gasteiger partial charge in [0, 0.05) is 25.8 Å². The molecule has 0 radical (unpaired) electrons. The van der Waals surface area contributed by atoms with Crippen LogP contribution < -0.4 is 16.0 Å². The van der Waals surface area contributed by atoms with Gasteiger partial charge in [0.25, 0.3) is 0 Å². The summed E-state index contributed by atoms with van der Waals surface area (Å²) in [6, 6.07) is 9.85. The molecule has 1 aromatic carbocycles. The van der Waals surface area contributed by atoms with Crippen molar-refractivity contribution >= 4 is 36.4 Å². The smallest absolute Gasteiger partial charge is 0.237 e. The van der Waals surface area contributed by atoms with Crippen LogP contribution in [-0.2, 0) is 4.79 Å². The number of para-hydroxylation sites is 1. The monoisotopic (exact) mass is 363 g/mol. The first-order chi connectivity index (χ1) is 9.82. The Labute approximate surface area is 153 Å². The van der Waals surface area contributed by atoms with Gasteiger partial charge in [-0.2, -0.15) is 0 Å². The SMILES string of the molecule is CN(CCCCNC(=O)[C@@H](N)C(C)(C)C)c1ccccc1.Cl.Cl. The number of unbranched alkanes of at least 4 members (excludes halogenated alkanes) is 1. The van der Waals surface area contributed by atoms with E-state index in [1.54, 1.807) is 0 Å². The van der Waals surface area contributed by atoms with Crippen molar-refractivity contribution in [3.05, 3.63) is 30.3 Å². The van der Waals surface area contributed by atoms with Gasteiger partial charge in [-0.3, -0.25) is 4.79 Å². The molecule has 23 heavy (non-hydrogen) atoms. The van der Waals surface area contributed by atoms with Gasteiger partial charge in [0.1, 0.15) is 0 Å². The molecule has 3 N–H and O–H groups in total. The number of nitrogens with two attached hydrogens (primary N) is 1. The number of anilines is 1. The van der Waals surface area contributed by atoms with Gasteiger partial charge < -0.3 is 16.0 Å². The number of rotatable bonds is 7. The molecule has 0 aromatic heterocycles. The summed E-state index contributed by atoms with van der Waals surface area (Å²) < 4.78 is 0. The molecule has 134 valence electrons. The van der Waals surface area contributed by atoms with Crippen LogP contribution in [-0.4, -0.2) is 32.1 Å². The van der Waals surface area contributed by atoms with E-state index in [0.717, 1.165) is 19.4 Å². The van der Waals surface area contributed by atoms with Gasteiger partial charge in [-0.05, 0) is 30.4 Å². The molecule has 0 heterocycles. The van der Waals surface area contributed by atoms with Gasteiger partial charge in [-0.15, -0.1) is 24.8 Å². The highest BCUT2D eigenvalue weighted by Crippen LogP contribution is 2.17. The summed E-state index contributed by atoms with van der Waals surface area (Å²) in [7, 11) is 2.09. The molecule has 6 heteroatoms. The predicted molar refractivity (Wildman–Crippen MR) is 104 cm³/mol. The van der Waals surface area contributed by atoms with Crippen LogP contribution in [0.1, 0.15) is 33.6 Å². The second-order valence-corrected chi connectivity index (χ2v) is 6.60. The van der Waals surface area contributed by atoms with Gasteiger partial charge in [-0.1, -0.05) is 39.0 Å². The number of halogens is 2. The Bertz CT molecular complexity index is 435. The lowest BCUT2D eigenvalue weighted by molar-refractivity contribution is -0.124. The van der Waals surface area contributed by atoms with Crippen molar-refractivity contribution in [1.82, 2.24) is 5.32 Å². The molecule has 1 amide bonds. The van der Waals surface area contributed by atoms with Crippen LogP contribution in [0.5, 0.6) is 0 Å². The third-order valence-electron chi connectivity index (χ3n) is 3.63. The van der Waals surface area contributed by atoms with Crippen LogP contribution in [0.2, 0.25) is 0 Å². The Balaban J connectivity index is 0. The van der Waals surface area contributed by atoms with Gasteiger partial charge in [0.05, 0.1) is 6.04 Å². The van der Waals surface area contributed by atoms with E-state index in [1.807, 2.05) is 39.0 Å². The summed E-state index contributed by atoms with van der Waals surface area (Å²) in [6.45, 7) is 7.60. The van der Waals surface area contributed by atoms with Gasteiger partial charge in [0.15, 0.2) is 0 Å². The molecule has 1 rings (SSSR count). The van der Waals surface area contributed by atoms with E-state index in [0.29, 0.717) is 6.54 Å². The first kappa shape index (κ1) is 24.3. The van der Waals surface area contributed by atoms with Crippen molar-refractivity contribution in [2.45, 2.75) is 39.7 Å². The van der Waals surface area contributed by atoms with Crippen LogP contribution in [0.4, 0.5) is 5.69 Å². The lowest BCUT2D eigenvalue weighted by Crippen LogP contribution is -2.48. The summed E-state index contributed by atoms with van der Waals surface area (Å²) in [5.41, 5.74) is 6.93. The summed E-state index contributed by atoms with van der Waals surface area (Å²) in [4.78, 5) is 14.1. The fourth-order valence-electron chi connectivity index (χ4n) is 2.00. The number of nitrogens with one attached hydrogen (secondary N) is 1. The maximum Gasteiger partial charge on any atom is 0.237 e. The second-order valence-electron chi connectivity index (χ2n) is 6.60. The molecule has 1 aromatic rings. The molecule has 0 fully saturated rings. The molecule has 0 aliphatic rings. The first-order valence-corrected chi connectivity index (χ1v) is 7.62. The maximum absolute atomic E-state index is 11.9. The Morgan fingerprint density at radius 2 is 1.74 bits per heavy atom. The van der Waals surface area contributed by atoms with Crippen LogP contribution in [0, 0.1) is 5.41 Å². The lowest BCUT2D eigenvalue weighted by atomic mass is 9.87. The van der Waals surface area contributed by atoms with Crippen molar-refractivity contribution in [2.24, 2.45) is 11.1 Å². The summed E-state index contributed by atoms with van der Waals surface area (Å²) in [5, 5.41) is 2.92. The van der Waals surface area contributed by atoms with E-state index in [1.165, 1.54) is 5.69 Å². The van der Waals surface area contributed by atoms with Crippen LogP contribution in [0.15, 0.2) is 30.3 Å². The zero-order chi connectivity index (χ0) is 15.9. The Morgan fingerprint density at radius 1 is 1.17 bits per heavy atom. The van der Waals surface area contributed by atoms with E-state index in [-0.39, 0.29) is 36.1 Å². The molecule has 0 unspecified atom stereocenters. The van der Waals surface area contributed by atoms with Crippen LogP contribution >= 0.6 is 24.8 Å². The quantitative estimate of drug-likeness (QED) is 0.731. The third kappa shape index (κ3) is 9.04. The van der Waals surface area contributed by atoms with Gasteiger partial charge >= 0.3 is 0 Å². The Morgan fingerprint density at radius 3 is 2.26 bits per heavy atom. The highest BCUT2D eigenvalue weighted by molar-refractivity contribution is 5.85. The lowest BCUT2D eigenvalue weighted by Gasteiger charge is -2.26. The van der Waals surface area contributed by atoms with Crippen molar-refractivity contribution in [2.75, 3.05) is 25.0 Å². The number of hydrogen-bond acceptors (Lipinski definition) is 3. The molecule has 0 aliphatic carbocycles. The normalized spacial score (nSPS) is 11.7. The average Bonchev–Trinajstić information content (AvgIpc) is 2.45. The Hall–Kier alpha value is -0.970. The molecule has 0 saturated heterocycles. The largest absolute Gasteiger partial charge is 0.375 e. The highest BCUT2D eigenvalue weighted by atomic mass is 35.5. The topological polar surface area (TPSA) is 58.4 Å². The van der Waals surface area contributed by atoms with E-state index < -0.39 is 6.04 Å². The minimum Gasteiger partial charge on any atom is -0.375 e. The van der Waals surface area contributed by atoms with Gasteiger partial charge in [-0.25, -0.2) is 0 Å². The number of carbonyl (C=O) groups excluding carboxylic acids is 1. The van der Waals surface area contributed by atoms with Crippen molar-refractivity contribution in [3.63, 3.8) is 0 Å². The molecule has 0 saturated carbocycles. The molecular formula is C17H31Cl2N3O. The molecular weight excluding hydrogens is 333 g/mol. The van der Waals surface area contributed by atoms with E-state index in [2.05, 4.69) is 29.4 Å².